The van der Waals surface area contributed by atoms with Gasteiger partial charge in [0.2, 0.25) is 0 Å². The minimum absolute atomic E-state index is 0.199. The average Bonchev–Trinajstić information content (AvgIpc) is 2.58. The van der Waals surface area contributed by atoms with Gasteiger partial charge in [-0.1, -0.05) is 20.8 Å². The van der Waals surface area contributed by atoms with Crippen molar-refractivity contribution in [2.45, 2.75) is 39.7 Å². The van der Waals surface area contributed by atoms with Gasteiger partial charge < -0.3 is 20.6 Å². The summed E-state index contributed by atoms with van der Waals surface area (Å²) in [7, 11) is 0. The Morgan fingerprint density at radius 3 is 2.50 bits per heavy atom. The van der Waals surface area contributed by atoms with Crippen LogP contribution in [-0.2, 0) is 0 Å². The summed E-state index contributed by atoms with van der Waals surface area (Å²) in [4.78, 5) is 18.3. The van der Waals surface area contributed by atoms with Gasteiger partial charge in [-0.05, 0) is 36.3 Å². The zero-order chi connectivity index (χ0) is 17.6. The Morgan fingerprint density at radius 2 is 1.92 bits per heavy atom. The van der Waals surface area contributed by atoms with E-state index in [1.807, 2.05) is 45.3 Å². The van der Waals surface area contributed by atoms with Gasteiger partial charge in [0.25, 0.3) is 0 Å². The number of amides is 2. The third-order valence-electron chi connectivity index (χ3n) is 4.65. The van der Waals surface area contributed by atoms with E-state index in [-0.39, 0.29) is 18.0 Å². The smallest absolute Gasteiger partial charge is 0.314 e. The van der Waals surface area contributed by atoms with Crippen molar-refractivity contribution in [1.29, 1.82) is 0 Å². The number of nitrogens with zero attached hydrogens (tertiary/aromatic N) is 2. The summed E-state index contributed by atoms with van der Waals surface area (Å²) in [5.74, 6) is 0.501. The van der Waals surface area contributed by atoms with Gasteiger partial charge in [-0.3, -0.25) is 4.98 Å². The van der Waals surface area contributed by atoms with E-state index in [0.717, 1.165) is 25.9 Å². The molecule has 3 N–H and O–H groups in total. The van der Waals surface area contributed by atoms with Crippen molar-refractivity contribution in [3.8, 4) is 0 Å². The first kappa shape index (κ1) is 18.5. The summed E-state index contributed by atoms with van der Waals surface area (Å²) in [5.41, 5.74) is 0.984. The molecule has 1 fully saturated rings. The standard InChI is InChI=1S/C18H30N4O2/c1-18(2,3)16(23)13-21-17(24)20-12-14-6-10-22(11-7-14)15-4-8-19-9-5-15/h4-5,8-9,14,16,23H,6-7,10-13H2,1-3H3,(H2,20,21,24). The fraction of sp³-hybridized carbons (Fsp3) is 0.667. The molecule has 134 valence electrons. The highest BCUT2D eigenvalue weighted by atomic mass is 16.3. The number of nitrogens with one attached hydrogen (secondary N) is 2. The highest BCUT2D eigenvalue weighted by Gasteiger charge is 2.23. The first-order valence-corrected chi connectivity index (χ1v) is 8.71. The fourth-order valence-corrected chi connectivity index (χ4v) is 2.75. The predicted molar refractivity (Wildman–Crippen MR) is 96.0 cm³/mol. The van der Waals surface area contributed by atoms with Gasteiger partial charge >= 0.3 is 6.03 Å². The summed E-state index contributed by atoms with van der Waals surface area (Å²) >= 11 is 0. The number of pyridine rings is 1. The van der Waals surface area contributed by atoms with Crippen LogP contribution >= 0.6 is 0 Å². The normalized spacial score (nSPS) is 17.4. The lowest BCUT2D eigenvalue weighted by molar-refractivity contribution is 0.0649. The van der Waals surface area contributed by atoms with Crippen LogP contribution in [0.5, 0.6) is 0 Å². The number of urea groups is 1. The molecule has 2 amide bonds. The van der Waals surface area contributed by atoms with Crippen LogP contribution in [0, 0.1) is 11.3 Å². The summed E-state index contributed by atoms with van der Waals surface area (Å²) in [6, 6.07) is 3.87. The third kappa shape index (κ3) is 5.67. The molecule has 1 aromatic rings. The Labute approximate surface area is 144 Å². The molecular weight excluding hydrogens is 304 g/mol. The van der Waals surface area contributed by atoms with Crippen LogP contribution in [0.25, 0.3) is 0 Å². The summed E-state index contributed by atoms with van der Waals surface area (Å²) < 4.78 is 0. The van der Waals surface area contributed by atoms with E-state index in [2.05, 4.69) is 20.5 Å². The highest BCUT2D eigenvalue weighted by molar-refractivity contribution is 5.73. The third-order valence-corrected chi connectivity index (χ3v) is 4.65. The minimum Gasteiger partial charge on any atom is -0.391 e. The molecule has 0 radical (unpaired) electrons. The lowest BCUT2D eigenvalue weighted by Gasteiger charge is -2.33. The maximum atomic E-state index is 11.9. The van der Waals surface area contributed by atoms with Crippen molar-refractivity contribution in [2.75, 3.05) is 31.1 Å². The number of aromatic nitrogens is 1. The number of rotatable bonds is 5. The molecule has 1 aliphatic heterocycles. The quantitative estimate of drug-likeness (QED) is 0.770. The van der Waals surface area contributed by atoms with Crippen LogP contribution in [0.2, 0.25) is 0 Å². The van der Waals surface area contributed by atoms with Gasteiger partial charge in [-0.2, -0.15) is 0 Å². The van der Waals surface area contributed by atoms with Crippen molar-refractivity contribution < 1.29 is 9.90 Å². The van der Waals surface area contributed by atoms with Crippen LogP contribution in [0.4, 0.5) is 10.5 Å². The maximum absolute atomic E-state index is 11.9. The van der Waals surface area contributed by atoms with E-state index in [0.29, 0.717) is 12.5 Å². The average molecular weight is 334 g/mol. The Morgan fingerprint density at radius 1 is 1.29 bits per heavy atom. The van der Waals surface area contributed by atoms with Crippen LogP contribution in [0.3, 0.4) is 0 Å². The van der Waals surface area contributed by atoms with Gasteiger partial charge in [0.15, 0.2) is 0 Å². The molecule has 6 heteroatoms. The number of carbonyl (C=O) groups is 1. The van der Waals surface area contributed by atoms with E-state index < -0.39 is 6.10 Å². The van der Waals surface area contributed by atoms with Crippen molar-refractivity contribution in [2.24, 2.45) is 11.3 Å². The zero-order valence-corrected chi connectivity index (χ0v) is 15.0. The summed E-state index contributed by atoms with van der Waals surface area (Å²) in [6.45, 7) is 8.81. The van der Waals surface area contributed by atoms with Crippen LogP contribution in [-0.4, -0.2) is 48.4 Å². The Hall–Kier alpha value is -1.82. The monoisotopic (exact) mass is 334 g/mol. The fourth-order valence-electron chi connectivity index (χ4n) is 2.75. The predicted octanol–water partition coefficient (Wildman–Crippen LogP) is 2.00. The number of hydrogen-bond acceptors (Lipinski definition) is 4. The molecule has 0 bridgehead atoms. The Kier molecular flexibility index (Phi) is 6.43. The number of hydrogen-bond donors (Lipinski definition) is 3. The van der Waals surface area contributed by atoms with E-state index in [1.54, 1.807) is 0 Å². The van der Waals surface area contributed by atoms with Gasteiger partial charge in [0.1, 0.15) is 0 Å². The molecule has 0 spiro atoms. The van der Waals surface area contributed by atoms with Crippen LogP contribution in [0.1, 0.15) is 33.6 Å². The van der Waals surface area contributed by atoms with E-state index >= 15 is 0 Å². The molecule has 6 nitrogen and oxygen atoms in total. The lowest BCUT2D eigenvalue weighted by Crippen LogP contribution is -2.45. The van der Waals surface area contributed by atoms with Gasteiger partial charge in [-0.25, -0.2) is 4.79 Å². The van der Waals surface area contributed by atoms with Gasteiger partial charge in [-0.15, -0.1) is 0 Å². The van der Waals surface area contributed by atoms with Crippen LogP contribution < -0.4 is 15.5 Å². The van der Waals surface area contributed by atoms with Gasteiger partial charge in [0, 0.05) is 44.3 Å². The molecule has 2 heterocycles. The number of aliphatic hydroxyl groups is 1. The molecule has 24 heavy (non-hydrogen) atoms. The second kappa shape index (κ2) is 8.33. The molecule has 1 aromatic heterocycles. The Balaban J connectivity index is 1.65. The molecular formula is C18H30N4O2. The molecule has 0 aliphatic carbocycles. The second-order valence-corrected chi connectivity index (χ2v) is 7.61. The van der Waals surface area contributed by atoms with Crippen molar-refractivity contribution in [3.63, 3.8) is 0 Å². The summed E-state index contributed by atoms with van der Waals surface area (Å²) in [5, 5.41) is 15.6. The van der Waals surface area contributed by atoms with Crippen molar-refractivity contribution in [1.82, 2.24) is 15.6 Å². The van der Waals surface area contributed by atoms with E-state index in [4.69, 9.17) is 0 Å². The minimum atomic E-state index is -0.549. The number of carbonyl (C=O) groups excluding carboxylic acids is 1. The molecule has 1 unspecified atom stereocenters. The molecule has 0 saturated carbocycles. The SMILES string of the molecule is CC(C)(C)C(O)CNC(=O)NCC1CCN(c2ccncc2)CC1. The first-order valence-electron chi connectivity index (χ1n) is 8.71. The van der Waals surface area contributed by atoms with Gasteiger partial charge in [0.05, 0.1) is 6.10 Å². The highest BCUT2D eigenvalue weighted by Crippen LogP contribution is 2.22. The molecule has 2 rings (SSSR count). The van der Waals surface area contributed by atoms with Crippen molar-refractivity contribution >= 4 is 11.7 Å². The van der Waals surface area contributed by atoms with Crippen molar-refractivity contribution in [3.05, 3.63) is 24.5 Å². The lowest BCUT2D eigenvalue weighted by atomic mass is 9.89. The molecule has 0 aromatic carbocycles. The molecule has 1 saturated heterocycles. The van der Waals surface area contributed by atoms with Crippen LogP contribution in [0.15, 0.2) is 24.5 Å². The second-order valence-electron chi connectivity index (χ2n) is 7.61. The topological polar surface area (TPSA) is 77.5 Å². The maximum Gasteiger partial charge on any atom is 0.314 e. The first-order chi connectivity index (χ1) is 11.4. The largest absolute Gasteiger partial charge is 0.391 e. The van der Waals surface area contributed by atoms with E-state index in [9.17, 15) is 9.90 Å². The molecule has 1 atom stereocenters. The number of aliphatic hydroxyl groups excluding tert-OH is 1. The molecule has 1 aliphatic rings. The van der Waals surface area contributed by atoms with E-state index in [1.165, 1.54) is 5.69 Å². The Bertz CT molecular complexity index is 508. The summed E-state index contributed by atoms with van der Waals surface area (Å²) in [6.07, 6.45) is 5.21. The zero-order valence-electron chi connectivity index (χ0n) is 15.0. The number of piperidine rings is 1. The number of anilines is 1.